The summed E-state index contributed by atoms with van der Waals surface area (Å²) in [6.07, 6.45) is 0.0362. The van der Waals surface area contributed by atoms with Gasteiger partial charge in [0.05, 0.1) is 13.7 Å². The minimum atomic E-state index is -4.71. The summed E-state index contributed by atoms with van der Waals surface area (Å²) in [6, 6.07) is 11.6. The molecule has 2 N–H and O–H groups in total. The number of alkyl halides is 3. The lowest BCUT2D eigenvalue weighted by Crippen LogP contribution is -2.28. The van der Waals surface area contributed by atoms with Crippen LogP contribution >= 0.6 is 0 Å². The fourth-order valence-corrected chi connectivity index (χ4v) is 4.90. The van der Waals surface area contributed by atoms with Crippen molar-refractivity contribution in [3.05, 3.63) is 53.9 Å². The van der Waals surface area contributed by atoms with Crippen molar-refractivity contribution in [1.82, 2.24) is 24.5 Å². The number of para-hydroxylation sites is 1. The lowest BCUT2D eigenvalue weighted by Gasteiger charge is -2.24. The van der Waals surface area contributed by atoms with Crippen molar-refractivity contribution < 1.29 is 22.6 Å². The van der Waals surface area contributed by atoms with Gasteiger partial charge >= 0.3 is 6.36 Å². The van der Waals surface area contributed by atoms with Gasteiger partial charge in [0, 0.05) is 18.5 Å². The van der Waals surface area contributed by atoms with Gasteiger partial charge in [-0.2, -0.15) is 4.52 Å². The molecule has 2 aromatic heterocycles. The highest BCUT2D eigenvalue weighted by Crippen LogP contribution is 2.29. The number of benzene rings is 2. The van der Waals surface area contributed by atoms with Gasteiger partial charge in [-0.15, -0.1) is 18.3 Å². The molecule has 0 amide bonds. The molecule has 36 heavy (non-hydrogen) atoms. The van der Waals surface area contributed by atoms with E-state index >= 15 is 0 Å². The summed E-state index contributed by atoms with van der Waals surface area (Å²) < 4.78 is 48.5. The molecule has 0 radical (unpaired) electrons. The molecule has 0 atom stereocenters. The second-order valence-corrected chi connectivity index (χ2v) is 9.10. The van der Waals surface area contributed by atoms with Crippen LogP contribution in [0.25, 0.3) is 16.6 Å². The molecule has 5 rings (SSSR count). The topological polar surface area (TPSA) is 90.8 Å². The SMILES string of the molecule is COc1cccc2c1nc(N)n1nc(CN(Cc3ccc(OC(F)(F)F)cc3)CC3CCCC3)nc21. The third kappa shape index (κ3) is 5.30. The number of ether oxygens (including phenoxy) is 2. The van der Waals surface area contributed by atoms with Crippen molar-refractivity contribution in [1.29, 1.82) is 0 Å². The smallest absolute Gasteiger partial charge is 0.494 e. The van der Waals surface area contributed by atoms with E-state index < -0.39 is 6.36 Å². The van der Waals surface area contributed by atoms with Crippen LogP contribution in [-0.4, -0.2) is 44.5 Å². The molecule has 0 aliphatic heterocycles. The zero-order valence-corrected chi connectivity index (χ0v) is 19.8. The van der Waals surface area contributed by atoms with E-state index in [0.29, 0.717) is 41.7 Å². The van der Waals surface area contributed by atoms with Crippen molar-refractivity contribution in [2.24, 2.45) is 5.92 Å². The number of hydrogen-bond donors (Lipinski definition) is 1. The monoisotopic (exact) mass is 500 g/mol. The van der Waals surface area contributed by atoms with Crippen LogP contribution < -0.4 is 15.2 Å². The van der Waals surface area contributed by atoms with E-state index in [2.05, 4.69) is 19.7 Å². The summed E-state index contributed by atoms with van der Waals surface area (Å²) in [4.78, 5) is 11.5. The van der Waals surface area contributed by atoms with Gasteiger partial charge in [0.15, 0.2) is 11.5 Å². The van der Waals surface area contributed by atoms with E-state index in [1.165, 1.54) is 29.5 Å². The van der Waals surface area contributed by atoms with Crippen LogP contribution in [0, 0.1) is 5.92 Å². The Hall–Kier alpha value is -3.60. The Labute approximate surface area is 205 Å². The van der Waals surface area contributed by atoms with Crippen LogP contribution in [0.3, 0.4) is 0 Å². The minimum Gasteiger partial charge on any atom is -0.494 e. The number of aromatic nitrogens is 4. The van der Waals surface area contributed by atoms with E-state index in [0.717, 1.165) is 30.3 Å². The highest BCUT2D eigenvalue weighted by Gasteiger charge is 2.31. The van der Waals surface area contributed by atoms with Crippen molar-refractivity contribution in [2.75, 3.05) is 19.4 Å². The predicted octanol–water partition coefficient (Wildman–Crippen LogP) is 4.96. The Balaban J connectivity index is 1.42. The Kier molecular flexibility index (Phi) is 6.57. The van der Waals surface area contributed by atoms with Gasteiger partial charge < -0.3 is 15.2 Å². The molecule has 0 bridgehead atoms. The summed E-state index contributed by atoms with van der Waals surface area (Å²) >= 11 is 0. The Bertz CT molecular complexity index is 1350. The lowest BCUT2D eigenvalue weighted by atomic mass is 10.1. The van der Waals surface area contributed by atoms with Gasteiger partial charge in [-0.05, 0) is 48.6 Å². The molecular formula is C25H27F3N6O2. The maximum absolute atomic E-state index is 12.5. The number of fused-ring (bicyclic) bond motifs is 3. The predicted molar refractivity (Wildman–Crippen MR) is 128 cm³/mol. The van der Waals surface area contributed by atoms with Crippen molar-refractivity contribution in [2.45, 2.75) is 45.1 Å². The molecule has 0 unspecified atom stereocenters. The minimum absolute atomic E-state index is 0.211. The van der Waals surface area contributed by atoms with Crippen LogP contribution in [0.15, 0.2) is 42.5 Å². The zero-order valence-electron chi connectivity index (χ0n) is 19.8. The van der Waals surface area contributed by atoms with Gasteiger partial charge in [-0.25, -0.2) is 9.97 Å². The highest BCUT2D eigenvalue weighted by molar-refractivity contribution is 5.95. The van der Waals surface area contributed by atoms with Gasteiger partial charge in [-0.1, -0.05) is 31.0 Å². The second kappa shape index (κ2) is 9.81. The van der Waals surface area contributed by atoms with Crippen LogP contribution in [0.5, 0.6) is 11.5 Å². The Morgan fingerprint density at radius 1 is 1.06 bits per heavy atom. The molecule has 4 aromatic rings. The third-order valence-electron chi connectivity index (χ3n) is 6.47. The average Bonchev–Trinajstić information content (AvgIpc) is 3.49. The molecule has 0 saturated heterocycles. The standard InChI is InChI=1S/C25H27F3N6O2/c1-35-20-8-4-7-19-22(20)31-24(29)34-23(19)30-21(32-34)15-33(13-16-5-2-3-6-16)14-17-9-11-18(12-10-17)36-25(26,27)28/h4,7-12,16H,2-3,5-6,13-15H2,1H3,(H2,29,31). The van der Waals surface area contributed by atoms with E-state index in [9.17, 15) is 13.2 Å². The van der Waals surface area contributed by atoms with Gasteiger partial charge in [0.2, 0.25) is 5.95 Å². The van der Waals surface area contributed by atoms with Crippen molar-refractivity contribution in [3.63, 3.8) is 0 Å². The first-order valence-electron chi connectivity index (χ1n) is 11.8. The first kappa shape index (κ1) is 24.1. The molecule has 1 aliphatic rings. The fraction of sp³-hybridized carbons (Fsp3) is 0.400. The van der Waals surface area contributed by atoms with Crippen molar-refractivity contribution in [3.8, 4) is 11.5 Å². The van der Waals surface area contributed by atoms with Crippen LogP contribution in [-0.2, 0) is 13.1 Å². The largest absolute Gasteiger partial charge is 0.573 e. The average molecular weight is 501 g/mol. The molecule has 8 nitrogen and oxygen atoms in total. The first-order valence-corrected chi connectivity index (χ1v) is 11.8. The highest BCUT2D eigenvalue weighted by atomic mass is 19.4. The number of nitrogen functional groups attached to an aromatic ring is 1. The van der Waals surface area contributed by atoms with E-state index in [1.807, 2.05) is 18.2 Å². The summed E-state index contributed by atoms with van der Waals surface area (Å²) in [5.41, 5.74) is 8.29. The number of nitrogens with two attached hydrogens (primary N) is 1. The number of anilines is 1. The van der Waals surface area contributed by atoms with Gasteiger partial charge in [-0.3, -0.25) is 4.90 Å². The Morgan fingerprint density at radius 2 is 1.81 bits per heavy atom. The summed E-state index contributed by atoms with van der Waals surface area (Å²) in [5.74, 6) is 1.73. The first-order chi connectivity index (χ1) is 17.3. The number of hydrogen-bond acceptors (Lipinski definition) is 7. The van der Waals surface area contributed by atoms with Gasteiger partial charge in [0.1, 0.15) is 17.0 Å². The summed E-state index contributed by atoms with van der Waals surface area (Å²) in [7, 11) is 1.58. The van der Waals surface area contributed by atoms with Crippen LogP contribution in [0.1, 0.15) is 37.1 Å². The molecule has 1 fully saturated rings. The third-order valence-corrected chi connectivity index (χ3v) is 6.47. The quantitative estimate of drug-likeness (QED) is 0.366. The van der Waals surface area contributed by atoms with E-state index in [4.69, 9.17) is 15.5 Å². The maximum atomic E-state index is 12.5. The second-order valence-electron chi connectivity index (χ2n) is 9.10. The molecule has 1 saturated carbocycles. The molecule has 2 aromatic carbocycles. The summed E-state index contributed by atoms with van der Waals surface area (Å²) in [5, 5.41) is 5.40. The molecule has 11 heteroatoms. The zero-order chi connectivity index (χ0) is 25.3. The molecule has 190 valence electrons. The number of rotatable bonds is 8. The van der Waals surface area contributed by atoms with Gasteiger partial charge in [0.25, 0.3) is 0 Å². The van der Waals surface area contributed by atoms with Crippen LogP contribution in [0.2, 0.25) is 0 Å². The van der Waals surface area contributed by atoms with E-state index in [1.54, 1.807) is 19.2 Å². The Morgan fingerprint density at radius 3 is 2.50 bits per heavy atom. The lowest BCUT2D eigenvalue weighted by molar-refractivity contribution is -0.274. The molecular weight excluding hydrogens is 473 g/mol. The normalized spacial score (nSPS) is 14.8. The number of methoxy groups -OCH3 is 1. The number of halogens is 3. The molecule has 0 spiro atoms. The fourth-order valence-electron chi connectivity index (χ4n) is 4.90. The maximum Gasteiger partial charge on any atom is 0.573 e. The van der Waals surface area contributed by atoms with Crippen LogP contribution in [0.4, 0.5) is 19.1 Å². The molecule has 1 aliphatic carbocycles. The van der Waals surface area contributed by atoms with Crippen molar-refractivity contribution >= 4 is 22.5 Å². The van der Waals surface area contributed by atoms with E-state index in [-0.39, 0.29) is 11.7 Å². The number of nitrogens with zero attached hydrogens (tertiary/aromatic N) is 5. The molecule has 2 heterocycles. The summed E-state index contributed by atoms with van der Waals surface area (Å²) in [6.45, 7) is 1.85.